The van der Waals surface area contributed by atoms with Crippen LogP contribution in [0.4, 0.5) is 10.1 Å². The molecule has 0 radical (unpaired) electrons. The topological polar surface area (TPSA) is 79.8 Å². The second kappa shape index (κ2) is 12.1. The van der Waals surface area contributed by atoms with Crippen LogP contribution in [-0.2, 0) is 9.47 Å². The van der Waals surface area contributed by atoms with E-state index in [1.807, 2.05) is 12.1 Å². The minimum Gasteiger partial charge on any atom is -0.384 e. The van der Waals surface area contributed by atoms with E-state index in [4.69, 9.17) is 14.5 Å². The summed E-state index contributed by atoms with van der Waals surface area (Å²) in [6.45, 7) is 6.44. The number of amidine groups is 1. The molecule has 3 aliphatic rings. The van der Waals surface area contributed by atoms with E-state index in [2.05, 4.69) is 27.9 Å². The lowest BCUT2D eigenvalue weighted by molar-refractivity contribution is 0.0300. The Labute approximate surface area is 203 Å². The van der Waals surface area contributed by atoms with Crippen LogP contribution in [0.5, 0.6) is 0 Å². The van der Waals surface area contributed by atoms with Gasteiger partial charge in [0.15, 0.2) is 0 Å². The highest BCUT2D eigenvalue weighted by Crippen LogP contribution is 2.33. The van der Waals surface area contributed by atoms with Gasteiger partial charge in [-0.25, -0.2) is 4.39 Å². The average Bonchev–Trinajstić information content (AvgIpc) is 2.86. The quantitative estimate of drug-likeness (QED) is 0.468. The molecule has 1 saturated heterocycles. The highest BCUT2D eigenvalue weighted by Gasteiger charge is 2.29. The van der Waals surface area contributed by atoms with Crippen LogP contribution in [0.15, 0.2) is 35.3 Å². The van der Waals surface area contributed by atoms with Crippen molar-refractivity contribution in [2.45, 2.75) is 69.9 Å². The molecule has 1 atom stereocenters. The van der Waals surface area contributed by atoms with Crippen LogP contribution in [0, 0.1) is 5.41 Å². The Bertz CT molecular complexity index is 847. The van der Waals surface area contributed by atoms with Crippen molar-refractivity contribution in [3.05, 3.63) is 36.1 Å². The molecule has 0 amide bonds. The maximum absolute atomic E-state index is 14.8. The molecule has 2 fully saturated rings. The molecule has 7 nitrogen and oxygen atoms in total. The fraction of sp³-hybridized carbons (Fsp3) is 0.692. The number of pyridine rings is 1. The minimum atomic E-state index is -0.396. The number of ether oxygens (including phenoxy) is 2. The first-order valence-electron chi connectivity index (χ1n) is 12.7. The lowest BCUT2D eigenvalue weighted by Crippen LogP contribution is -2.37. The highest BCUT2D eigenvalue weighted by molar-refractivity contribution is 5.85. The van der Waals surface area contributed by atoms with Crippen LogP contribution in [0.25, 0.3) is 0 Å². The van der Waals surface area contributed by atoms with Gasteiger partial charge in [0.05, 0.1) is 24.3 Å². The number of nitrogens with one attached hydrogen (secondary N) is 3. The van der Waals surface area contributed by atoms with Gasteiger partial charge in [-0.3, -0.25) is 9.98 Å². The summed E-state index contributed by atoms with van der Waals surface area (Å²) >= 11 is 0. The van der Waals surface area contributed by atoms with Crippen LogP contribution in [0.2, 0.25) is 0 Å². The Hall–Kier alpha value is -2.03. The largest absolute Gasteiger partial charge is 0.384 e. The van der Waals surface area contributed by atoms with Crippen molar-refractivity contribution in [3.63, 3.8) is 0 Å². The third-order valence-electron chi connectivity index (χ3n) is 7.44. The third-order valence-corrected chi connectivity index (χ3v) is 7.44. The van der Waals surface area contributed by atoms with Gasteiger partial charge in [-0.05, 0) is 56.1 Å². The Morgan fingerprint density at radius 1 is 1.26 bits per heavy atom. The van der Waals surface area contributed by atoms with Crippen molar-refractivity contribution in [2.24, 2.45) is 10.4 Å². The van der Waals surface area contributed by atoms with Crippen molar-refractivity contribution in [1.82, 2.24) is 15.6 Å². The van der Waals surface area contributed by atoms with E-state index >= 15 is 0 Å². The van der Waals surface area contributed by atoms with E-state index < -0.39 is 5.92 Å². The number of aliphatic imine (C=N–C) groups is 1. The normalized spacial score (nSPS) is 28.3. The van der Waals surface area contributed by atoms with Gasteiger partial charge in [-0.15, -0.1) is 0 Å². The molecule has 3 N–H and O–H groups in total. The molecule has 188 valence electrons. The zero-order valence-electron chi connectivity index (χ0n) is 20.6. The van der Waals surface area contributed by atoms with Gasteiger partial charge in [-0.2, -0.15) is 0 Å². The second-order valence-electron chi connectivity index (χ2n) is 10.2. The molecule has 1 unspecified atom stereocenters. The first-order valence-corrected chi connectivity index (χ1v) is 12.7. The predicted molar refractivity (Wildman–Crippen MR) is 134 cm³/mol. The second-order valence-corrected chi connectivity index (χ2v) is 10.2. The molecule has 8 heteroatoms. The number of rotatable bonds is 9. The number of anilines is 1. The zero-order chi connectivity index (χ0) is 23.8. The summed E-state index contributed by atoms with van der Waals surface area (Å²) in [4.78, 5) is 9.46. The molecule has 0 aromatic carbocycles. The monoisotopic (exact) mass is 473 g/mol. The highest BCUT2D eigenvalue weighted by atomic mass is 19.1. The molecule has 0 spiro atoms. The summed E-state index contributed by atoms with van der Waals surface area (Å²) in [5.74, 6) is 0.274. The van der Waals surface area contributed by atoms with Crippen LogP contribution in [0.1, 0.15) is 63.5 Å². The Balaban J connectivity index is 1.33. The van der Waals surface area contributed by atoms with Crippen molar-refractivity contribution in [2.75, 3.05) is 45.3 Å². The Morgan fingerprint density at radius 2 is 2.06 bits per heavy atom. The molecule has 1 aromatic rings. The van der Waals surface area contributed by atoms with Gasteiger partial charge in [0, 0.05) is 64.0 Å². The van der Waals surface area contributed by atoms with Crippen LogP contribution < -0.4 is 16.0 Å². The van der Waals surface area contributed by atoms with E-state index in [0.717, 1.165) is 88.7 Å². The number of halogens is 1. The minimum absolute atomic E-state index is 0.189. The standard InChI is InChI=1S/C26H40FN5O2/c1-26(8-12-34-13-9-26)18-31-21-7-10-29-24(15-21)22-16-25(30-17-23(22)27)32-20-5-3-19(4-6-20)28-11-14-33-2/h7,10,15,17,19-20,22,28H,3-6,8-9,11-14,16,18H2,1-2H3,(H,29,31)(H,30,32). The van der Waals surface area contributed by atoms with Gasteiger partial charge in [0.2, 0.25) is 0 Å². The van der Waals surface area contributed by atoms with Crippen molar-refractivity contribution < 1.29 is 13.9 Å². The summed E-state index contributed by atoms with van der Waals surface area (Å²) in [7, 11) is 1.73. The van der Waals surface area contributed by atoms with Crippen LogP contribution >= 0.6 is 0 Å². The summed E-state index contributed by atoms with van der Waals surface area (Å²) < 4.78 is 25.4. The molecule has 3 heterocycles. The summed E-state index contributed by atoms with van der Waals surface area (Å²) in [5, 5.41) is 10.2. The van der Waals surface area contributed by atoms with Gasteiger partial charge in [0.1, 0.15) is 11.7 Å². The summed E-state index contributed by atoms with van der Waals surface area (Å²) in [6.07, 6.45) is 10.2. The lowest BCUT2D eigenvalue weighted by atomic mass is 9.82. The molecular weight excluding hydrogens is 433 g/mol. The van der Waals surface area contributed by atoms with Crippen molar-refractivity contribution in [1.29, 1.82) is 0 Å². The fourth-order valence-corrected chi connectivity index (χ4v) is 5.04. The van der Waals surface area contributed by atoms with Gasteiger partial charge in [0.25, 0.3) is 0 Å². The molecule has 34 heavy (non-hydrogen) atoms. The Kier molecular flexibility index (Phi) is 8.92. The number of methoxy groups -OCH3 is 1. The van der Waals surface area contributed by atoms with E-state index in [9.17, 15) is 4.39 Å². The molecular formula is C26H40FN5O2. The first kappa shape index (κ1) is 25.1. The molecule has 1 saturated carbocycles. The van der Waals surface area contributed by atoms with E-state index in [-0.39, 0.29) is 11.2 Å². The molecule has 1 aliphatic carbocycles. The van der Waals surface area contributed by atoms with Crippen molar-refractivity contribution >= 4 is 11.5 Å². The van der Waals surface area contributed by atoms with Crippen molar-refractivity contribution in [3.8, 4) is 0 Å². The van der Waals surface area contributed by atoms with E-state index in [1.165, 1.54) is 6.20 Å². The average molecular weight is 474 g/mol. The lowest BCUT2D eigenvalue weighted by Gasteiger charge is -2.34. The van der Waals surface area contributed by atoms with Gasteiger partial charge >= 0.3 is 0 Å². The number of hydrogen-bond donors (Lipinski definition) is 3. The fourth-order valence-electron chi connectivity index (χ4n) is 5.04. The Morgan fingerprint density at radius 3 is 2.82 bits per heavy atom. The van der Waals surface area contributed by atoms with Gasteiger partial charge < -0.3 is 25.4 Å². The zero-order valence-corrected chi connectivity index (χ0v) is 20.6. The van der Waals surface area contributed by atoms with E-state index in [1.54, 1.807) is 13.3 Å². The van der Waals surface area contributed by atoms with E-state index in [0.29, 0.717) is 18.5 Å². The van der Waals surface area contributed by atoms with Gasteiger partial charge in [-0.1, -0.05) is 6.92 Å². The number of nitrogens with zero attached hydrogens (tertiary/aromatic N) is 2. The maximum Gasteiger partial charge on any atom is 0.125 e. The molecule has 2 aliphatic heterocycles. The summed E-state index contributed by atoms with van der Waals surface area (Å²) in [5.41, 5.74) is 1.96. The van der Waals surface area contributed by atoms with Crippen LogP contribution in [0.3, 0.4) is 0 Å². The third kappa shape index (κ3) is 6.99. The smallest absolute Gasteiger partial charge is 0.125 e. The molecule has 4 rings (SSSR count). The first-order chi connectivity index (χ1) is 16.5. The number of allylic oxidation sites excluding steroid dienone is 1. The summed E-state index contributed by atoms with van der Waals surface area (Å²) in [6, 6.07) is 4.78. The SMILES string of the molecule is COCCNC1CCC(N=C2CC(c3cc(NCC4(C)CCOCC4)ccn3)C(F)=CN2)CC1. The maximum atomic E-state index is 14.8. The molecule has 0 bridgehead atoms. The van der Waals surface area contributed by atoms with Crippen LogP contribution in [-0.4, -0.2) is 62.9 Å². The number of aromatic nitrogens is 1. The number of hydrogen-bond acceptors (Lipinski definition) is 6. The predicted octanol–water partition coefficient (Wildman–Crippen LogP) is 4.14. The molecule has 1 aromatic heterocycles.